The molecular weight excluding hydrogens is 220 g/mol. The van der Waals surface area contributed by atoms with Crippen molar-refractivity contribution in [3.8, 4) is 5.75 Å². The van der Waals surface area contributed by atoms with E-state index in [4.69, 9.17) is 0 Å². The van der Waals surface area contributed by atoms with E-state index in [1.54, 1.807) is 18.2 Å². The summed E-state index contributed by atoms with van der Waals surface area (Å²) in [5.74, 6) is 0.0341. The minimum atomic E-state index is -0.154. The summed E-state index contributed by atoms with van der Waals surface area (Å²) < 4.78 is 1.44. The van der Waals surface area contributed by atoms with Gasteiger partial charge in [-0.15, -0.1) is 0 Å². The third kappa shape index (κ3) is 3.30. The van der Waals surface area contributed by atoms with E-state index in [-0.39, 0.29) is 18.2 Å². The number of rotatable bonds is 4. The summed E-state index contributed by atoms with van der Waals surface area (Å²) in [6.07, 6.45) is 2.86. The van der Waals surface area contributed by atoms with Crippen LogP contribution in [0.4, 0.5) is 0 Å². The quantitative estimate of drug-likeness (QED) is 0.794. The third-order valence-corrected chi connectivity index (χ3v) is 2.17. The highest BCUT2D eigenvalue weighted by molar-refractivity contribution is 5.75. The summed E-state index contributed by atoms with van der Waals surface area (Å²) >= 11 is 0. The zero-order valence-electron chi connectivity index (χ0n) is 9.08. The first-order valence-electron chi connectivity index (χ1n) is 5.11. The van der Waals surface area contributed by atoms with Crippen molar-refractivity contribution in [1.29, 1.82) is 0 Å². The lowest BCUT2D eigenvalue weighted by atomic mass is 10.2. The van der Waals surface area contributed by atoms with Crippen LogP contribution in [0.3, 0.4) is 0 Å². The number of aromatic nitrogens is 3. The number of nitrogens with zero attached hydrogens (tertiary/aromatic N) is 3. The molecule has 1 aromatic heterocycles. The number of amides is 1. The zero-order valence-corrected chi connectivity index (χ0v) is 9.08. The van der Waals surface area contributed by atoms with Crippen LogP contribution in [0, 0.1) is 0 Å². The van der Waals surface area contributed by atoms with E-state index < -0.39 is 0 Å². The van der Waals surface area contributed by atoms with Gasteiger partial charge in [0.05, 0.1) is 0 Å². The molecule has 1 aromatic carbocycles. The number of benzene rings is 1. The van der Waals surface area contributed by atoms with Gasteiger partial charge in [0, 0.05) is 6.54 Å². The monoisotopic (exact) mass is 232 g/mol. The predicted molar refractivity (Wildman–Crippen MR) is 60.0 cm³/mol. The Balaban J connectivity index is 1.84. The van der Waals surface area contributed by atoms with Crippen molar-refractivity contribution in [2.75, 3.05) is 0 Å². The Hall–Kier alpha value is -2.37. The largest absolute Gasteiger partial charge is 0.508 e. The van der Waals surface area contributed by atoms with E-state index in [2.05, 4.69) is 15.4 Å². The highest BCUT2D eigenvalue weighted by atomic mass is 16.3. The first-order valence-corrected chi connectivity index (χ1v) is 5.11. The van der Waals surface area contributed by atoms with Crippen LogP contribution < -0.4 is 5.32 Å². The van der Waals surface area contributed by atoms with Gasteiger partial charge in [0.1, 0.15) is 24.9 Å². The molecule has 6 nitrogen and oxygen atoms in total. The molecule has 0 radical (unpaired) electrons. The van der Waals surface area contributed by atoms with Crippen molar-refractivity contribution in [1.82, 2.24) is 20.1 Å². The Kier molecular flexibility index (Phi) is 3.34. The average molecular weight is 232 g/mol. The van der Waals surface area contributed by atoms with Gasteiger partial charge in [0.15, 0.2) is 0 Å². The van der Waals surface area contributed by atoms with Crippen LogP contribution >= 0.6 is 0 Å². The molecule has 0 spiro atoms. The lowest BCUT2D eigenvalue weighted by Crippen LogP contribution is -2.27. The van der Waals surface area contributed by atoms with Crippen molar-refractivity contribution in [2.45, 2.75) is 13.1 Å². The summed E-state index contributed by atoms with van der Waals surface area (Å²) in [4.78, 5) is 15.3. The van der Waals surface area contributed by atoms with Gasteiger partial charge in [0.2, 0.25) is 5.91 Å². The van der Waals surface area contributed by atoms with Gasteiger partial charge >= 0.3 is 0 Å². The number of carbonyl (C=O) groups is 1. The summed E-state index contributed by atoms with van der Waals surface area (Å²) in [7, 11) is 0. The molecule has 2 aromatic rings. The fraction of sp³-hybridized carbons (Fsp3) is 0.182. The summed E-state index contributed by atoms with van der Waals surface area (Å²) in [6, 6.07) is 6.75. The normalized spacial score (nSPS) is 10.1. The molecule has 88 valence electrons. The van der Waals surface area contributed by atoms with Gasteiger partial charge in [0.25, 0.3) is 0 Å². The molecule has 17 heavy (non-hydrogen) atoms. The fourth-order valence-electron chi connectivity index (χ4n) is 1.38. The Morgan fingerprint density at radius 3 is 3.06 bits per heavy atom. The van der Waals surface area contributed by atoms with Crippen molar-refractivity contribution in [3.05, 3.63) is 42.5 Å². The lowest BCUT2D eigenvalue weighted by molar-refractivity contribution is -0.122. The molecule has 0 atom stereocenters. The number of carbonyl (C=O) groups excluding carboxylic acids is 1. The fourth-order valence-corrected chi connectivity index (χ4v) is 1.38. The van der Waals surface area contributed by atoms with Gasteiger partial charge in [-0.2, -0.15) is 5.10 Å². The second-order valence-electron chi connectivity index (χ2n) is 3.54. The molecule has 1 amide bonds. The van der Waals surface area contributed by atoms with E-state index >= 15 is 0 Å². The van der Waals surface area contributed by atoms with Gasteiger partial charge in [-0.25, -0.2) is 9.67 Å². The molecule has 2 N–H and O–H groups in total. The predicted octanol–water partition coefficient (Wildman–Crippen LogP) is 0.300. The zero-order chi connectivity index (χ0) is 12.1. The van der Waals surface area contributed by atoms with Gasteiger partial charge in [-0.05, 0) is 17.7 Å². The average Bonchev–Trinajstić information content (AvgIpc) is 2.79. The number of hydrogen-bond donors (Lipinski definition) is 2. The number of hydrogen-bond acceptors (Lipinski definition) is 4. The second kappa shape index (κ2) is 5.11. The second-order valence-corrected chi connectivity index (χ2v) is 3.54. The standard InChI is InChI=1S/C11H12N4O2/c16-10-3-1-2-9(4-10)5-13-11(17)6-15-8-12-7-14-15/h1-4,7-8,16H,5-6H2,(H,13,17). The molecule has 0 fully saturated rings. The number of phenols is 1. The van der Waals surface area contributed by atoms with Crippen molar-refractivity contribution < 1.29 is 9.90 Å². The Morgan fingerprint density at radius 2 is 2.35 bits per heavy atom. The van der Waals surface area contributed by atoms with Crippen molar-refractivity contribution >= 4 is 5.91 Å². The first kappa shape index (κ1) is 11.1. The van der Waals surface area contributed by atoms with Crippen LogP contribution in [0.2, 0.25) is 0 Å². The smallest absolute Gasteiger partial charge is 0.242 e. The lowest BCUT2D eigenvalue weighted by Gasteiger charge is -2.05. The van der Waals surface area contributed by atoms with E-state index in [1.807, 2.05) is 6.07 Å². The van der Waals surface area contributed by atoms with Crippen molar-refractivity contribution in [2.24, 2.45) is 0 Å². The summed E-state index contributed by atoms with van der Waals surface area (Å²) in [5.41, 5.74) is 0.844. The van der Waals surface area contributed by atoms with Crippen LogP contribution in [0.25, 0.3) is 0 Å². The van der Waals surface area contributed by atoms with Crippen molar-refractivity contribution in [3.63, 3.8) is 0 Å². The molecule has 0 aliphatic heterocycles. The molecule has 0 aliphatic carbocycles. The maximum atomic E-state index is 11.5. The number of aromatic hydroxyl groups is 1. The maximum Gasteiger partial charge on any atom is 0.242 e. The Labute approximate surface area is 97.9 Å². The van der Waals surface area contributed by atoms with E-state index in [1.165, 1.54) is 17.3 Å². The molecule has 1 heterocycles. The Morgan fingerprint density at radius 1 is 1.47 bits per heavy atom. The van der Waals surface area contributed by atoms with Crippen LogP contribution in [-0.4, -0.2) is 25.8 Å². The van der Waals surface area contributed by atoms with E-state index in [0.29, 0.717) is 6.54 Å². The topological polar surface area (TPSA) is 80.0 Å². The number of nitrogens with one attached hydrogen (secondary N) is 1. The molecule has 0 bridgehead atoms. The first-order chi connectivity index (χ1) is 8.24. The molecule has 2 rings (SSSR count). The molecule has 0 aliphatic rings. The molecule has 6 heteroatoms. The van der Waals surface area contributed by atoms with Crippen LogP contribution in [-0.2, 0) is 17.9 Å². The van der Waals surface area contributed by atoms with E-state index in [0.717, 1.165) is 5.56 Å². The SMILES string of the molecule is O=C(Cn1cncn1)NCc1cccc(O)c1. The highest BCUT2D eigenvalue weighted by Crippen LogP contribution is 2.10. The maximum absolute atomic E-state index is 11.5. The minimum Gasteiger partial charge on any atom is -0.508 e. The minimum absolute atomic E-state index is 0.138. The molecule has 0 unspecified atom stereocenters. The van der Waals surface area contributed by atoms with Crippen LogP contribution in [0.5, 0.6) is 5.75 Å². The van der Waals surface area contributed by atoms with Gasteiger partial charge < -0.3 is 10.4 Å². The summed E-state index contributed by atoms with van der Waals surface area (Å²) in [5, 5.41) is 15.8. The number of phenolic OH excluding ortho intramolecular Hbond substituents is 1. The van der Waals surface area contributed by atoms with Crippen LogP contribution in [0.1, 0.15) is 5.56 Å². The van der Waals surface area contributed by atoms with E-state index in [9.17, 15) is 9.90 Å². The third-order valence-electron chi connectivity index (χ3n) is 2.17. The highest BCUT2D eigenvalue weighted by Gasteiger charge is 2.03. The van der Waals surface area contributed by atoms with Gasteiger partial charge in [-0.1, -0.05) is 12.1 Å². The summed E-state index contributed by atoms with van der Waals surface area (Å²) in [6.45, 7) is 0.515. The van der Waals surface area contributed by atoms with Crippen LogP contribution in [0.15, 0.2) is 36.9 Å². The van der Waals surface area contributed by atoms with Gasteiger partial charge in [-0.3, -0.25) is 4.79 Å². The molecule has 0 saturated heterocycles. The molecular formula is C11H12N4O2. The Bertz CT molecular complexity index is 496. The molecule has 0 saturated carbocycles.